The first-order valence-electron chi connectivity index (χ1n) is 8.59. The van der Waals surface area contributed by atoms with E-state index in [0.29, 0.717) is 23.7 Å². The van der Waals surface area contributed by atoms with Crippen molar-refractivity contribution < 1.29 is 4.79 Å². The number of aromatic amines is 2. The maximum absolute atomic E-state index is 12.7. The molecule has 0 aliphatic rings. The van der Waals surface area contributed by atoms with Gasteiger partial charge in [-0.2, -0.15) is 0 Å². The SMILES string of the molecule is CN(CCc1ccccn1)C(=O)c1cc(-c2c(Cl)cnc3[nH]ccc23)c[nH]1. The largest absolute Gasteiger partial charge is 0.357 e. The van der Waals surface area contributed by atoms with Crippen molar-refractivity contribution in [1.29, 1.82) is 0 Å². The van der Waals surface area contributed by atoms with Gasteiger partial charge in [-0.25, -0.2) is 4.98 Å². The van der Waals surface area contributed by atoms with Gasteiger partial charge in [-0.3, -0.25) is 9.78 Å². The number of halogens is 1. The van der Waals surface area contributed by atoms with Crippen molar-refractivity contribution in [3.05, 3.63) is 71.5 Å². The molecule has 4 rings (SSSR count). The van der Waals surface area contributed by atoms with Gasteiger partial charge >= 0.3 is 0 Å². The maximum Gasteiger partial charge on any atom is 0.270 e. The number of hydrogen-bond acceptors (Lipinski definition) is 3. The van der Waals surface area contributed by atoms with Gasteiger partial charge in [-0.15, -0.1) is 0 Å². The molecule has 0 aromatic carbocycles. The molecule has 1 amide bonds. The lowest BCUT2D eigenvalue weighted by Crippen LogP contribution is -2.29. The maximum atomic E-state index is 12.7. The quantitative estimate of drug-likeness (QED) is 0.551. The third kappa shape index (κ3) is 3.44. The Balaban J connectivity index is 1.54. The van der Waals surface area contributed by atoms with Crippen molar-refractivity contribution in [3.8, 4) is 11.1 Å². The van der Waals surface area contributed by atoms with E-state index in [0.717, 1.165) is 27.9 Å². The van der Waals surface area contributed by atoms with Crippen LogP contribution in [0.3, 0.4) is 0 Å². The van der Waals surface area contributed by atoms with Crippen LogP contribution < -0.4 is 0 Å². The Kier molecular flexibility index (Phi) is 4.64. The monoisotopic (exact) mass is 379 g/mol. The van der Waals surface area contributed by atoms with Crippen LogP contribution in [0.25, 0.3) is 22.2 Å². The molecule has 4 aromatic rings. The highest BCUT2D eigenvalue weighted by Gasteiger charge is 2.17. The van der Waals surface area contributed by atoms with Crippen LogP contribution in [-0.4, -0.2) is 44.3 Å². The van der Waals surface area contributed by atoms with E-state index in [2.05, 4.69) is 19.9 Å². The summed E-state index contributed by atoms with van der Waals surface area (Å²) in [6.07, 6.45) is 7.70. The Morgan fingerprint density at radius 3 is 2.93 bits per heavy atom. The van der Waals surface area contributed by atoms with Crippen LogP contribution in [0.15, 0.2) is 55.1 Å². The molecule has 136 valence electrons. The zero-order chi connectivity index (χ0) is 18.8. The summed E-state index contributed by atoms with van der Waals surface area (Å²) in [6, 6.07) is 9.54. The first-order chi connectivity index (χ1) is 13.1. The molecule has 0 fully saturated rings. The van der Waals surface area contributed by atoms with Crippen LogP contribution in [0.2, 0.25) is 5.02 Å². The van der Waals surface area contributed by atoms with Crippen molar-refractivity contribution in [2.45, 2.75) is 6.42 Å². The zero-order valence-electron chi connectivity index (χ0n) is 14.7. The fourth-order valence-electron chi connectivity index (χ4n) is 3.07. The number of aromatic nitrogens is 4. The number of likely N-dealkylation sites (N-methyl/N-ethyl adjacent to an activating group) is 1. The van der Waals surface area contributed by atoms with E-state index in [4.69, 9.17) is 11.6 Å². The number of H-pyrrole nitrogens is 2. The van der Waals surface area contributed by atoms with Crippen LogP contribution >= 0.6 is 11.6 Å². The lowest BCUT2D eigenvalue weighted by atomic mass is 10.1. The zero-order valence-corrected chi connectivity index (χ0v) is 15.5. The van der Waals surface area contributed by atoms with Gasteiger partial charge in [0.05, 0.1) is 5.02 Å². The van der Waals surface area contributed by atoms with Crippen LogP contribution in [0, 0.1) is 0 Å². The fraction of sp³-hybridized carbons (Fsp3) is 0.150. The Morgan fingerprint density at radius 1 is 1.22 bits per heavy atom. The first kappa shape index (κ1) is 17.3. The second kappa shape index (κ2) is 7.25. The Bertz CT molecular complexity index is 1090. The highest BCUT2D eigenvalue weighted by molar-refractivity contribution is 6.34. The topological polar surface area (TPSA) is 77.7 Å². The molecular formula is C20H18ClN5O. The molecule has 7 heteroatoms. The van der Waals surface area contributed by atoms with E-state index < -0.39 is 0 Å². The Labute approximate surface area is 161 Å². The van der Waals surface area contributed by atoms with Crippen LogP contribution in [-0.2, 0) is 6.42 Å². The van der Waals surface area contributed by atoms with Crippen molar-refractivity contribution in [2.75, 3.05) is 13.6 Å². The summed E-state index contributed by atoms with van der Waals surface area (Å²) >= 11 is 6.37. The molecule has 27 heavy (non-hydrogen) atoms. The number of carbonyl (C=O) groups excluding carboxylic acids is 1. The van der Waals surface area contributed by atoms with Gasteiger partial charge in [0.15, 0.2) is 0 Å². The summed E-state index contributed by atoms with van der Waals surface area (Å²) < 4.78 is 0. The molecule has 2 N–H and O–H groups in total. The minimum Gasteiger partial charge on any atom is -0.357 e. The van der Waals surface area contributed by atoms with E-state index >= 15 is 0 Å². The van der Waals surface area contributed by atoms with Crippen LogP contribution in [0.5, 0.6) is 0 Å². The number of fused-ring (bicyclic) bond motifs is 1. The number of rotatable bonds is 5. The van der Waals surface area contributed by atoms with E-state index in [9.17, 15) is 4.79 Å². The molecule has 0 radical (unpaired) electrons. The van der Waals surface area contributed by atoms with Gasteiger partial charge in [0.1, 0.15) is 11.3 Å². The number of nitrogens with one attached hydrogen (secondary N) is 2. The molecule has 0 atom stereocenters. The lowest BCUT2D eigenvalue weighted by Gasteiger charge is -2.15. The minimum absolute atomic E-state index is 0.0762. The van der Waals surface area contributed by atoms with Crippen molar-refractivity contribution in [3.63, 3.8) is 0 Å². The van der Waals surface area contributed by atoms with Gasteiger partial charge in [0, 0.05) is 67.0 Å². The third-order valence-corrected chi connectivity index (χ3v) is 4.81. The van der Waals surface area contributed by atoms with E-state index in [-0.39, 0.29) is 5.91 Å². The van der Waals surface area contributed by atoms with Crippen LogP contribution in [0.1, 0.15) is 16.2 Å². The van der Waals surface area contributed by atoms with E-state index in [1.807, 2.05) is 36.5 Å². The summed E-state index contributed by atoms with van der Waals surface area (Å²) in [5.74, 6) is -0.0762. The number of nitrogens with zero attached hydrogens (tertiary/aromatic N) is 3. The molecule has 6 nitrogen and oxygen atoms in total. The standard InChI is InChI=1S/C20H18ClN5O/c1-26(9-6-14-4-2-3-7-22-14)20(27)17-10-13(11-24-17)18-15-5-8-23-19(15)25-12-16(18)21/h2-5,7-8,10-12,24H,6,9H2,1H3,(H,23,25). The molecule has 0 bridgehead atoms. The Hall–Kier alpha value is -3.12. The summed E-state index contributed by atoms with van der Waals surface area (Å²) in [5, 5.41) is 1.47. The molecule has 0 aliphatic heterocycles. The van der Waals surface area contributed by atoms with Crippen molar-refractivity contribution in [2.24, 2.45) is 0 Å². The first-order valence-corrected chi connectivity index (χ1v) is 8.97. The molecule has 0 saturated carbocycles. The number of carbonyl (C=O) groups is 1. The fourth-order valence-corrected chi connectivity index (χ4v) is 3.33. The predicted molar refractivity (Wildman–Crippen MR) is 106 cm³/mol. The van der Waals surface area contributed by atoms with Gasteiger partial charge < -0.3 is 14.9 Å². The third-order valence-electron chi connectivity index (χ3n) is 4.52. The van der Waals surface area contributed by atoms with Gasteiger partial charge in [-0.05, 0) is 24.3 Å². The second-order valence-electron chi connectivity index (χ2n) is 6.32. The number of pyridine rings is 2. The molecule has 0 saturated heterocycles. The summed E-state index contributed by atoms with van der Waals surface area (Å²) in [4.78, 5) is 29.1. The van der Waals surface area contributed by atoms with Gasteiger partial charge in [-0.1, -0.05) is 17.7 Å². The normalized spacial score (nSPS) is 11.0. The predicted octanol–water partition coefficient (Wildman–Crippen LogP) is 3.92. The molecule has 0 spiro atoms. The van der Waals surface area contributed by atoms with Gasteiger partial charge in [0.25, 0.3) is 5.91 Å². The Morgan fingerprint density at radius 2 is 2.11 bits per heavy atom. The van der Waals surface area contributed by atoms with E-state index in [1.165, 1.54) is 0 Å². The van der Waals surface area contributed by atoms with Crippen molar-refractivity contribution in [1.82, 2.24) is 24.8 Å². The average Bonchev–Trinajstić information content (AvgIpc) is 3.36. The summed E-state index contributed by atoms with van der Waals surface area (Å²) in [7, 11) is 1.79. The second-order valence-corrected chi connectivity index (χ2v) is 6.73. The smallest absolute Gasteiger partial charge is 0.270 e. The minimum atomic E-state index is -0.0762. The summed E-state index contributed by atoms with van der Waals surface area (Å²) in [5.41, 5.74) is 3.95. The van der Waals surface area contributed by atoms with Crippen molar-refractivity contribution >= 4 is 28.5 Å². The molecule has 0 aliphatic carbocycles. The molecule has 0 unspecified atom stereocenters. The van der Waals surface area contributed by atoms with E-state index in [1.54, 1.807) is 30.5 Å². The lowest BCUT2D eigenvalue weighted by molar-refractivity contribution is 0.0791. The highest BCUT2D eigenvalue weighted by Crippen LogP contribution is 2.34. The molecular weight excluding hydrogens is 362 g/mol. The van der Waals surface area contributed by atoms with Crippen LogP contribution in [0.4, 0.5) is 0 Å². The average molecular weight is 380 g/mol. The molecule has 4 heterocycles. The summed E-state index contributed by atoms with van der Waals surface area (Å²) in [6.45, 7) is 0.586. The highest BCUT2D eigenvalue weighted by atomic mass is 35.5. The number of hydrogen-bond donors (Lipinski definition) is 2. The number of amides is 1. The molecule has 4 aromatic heterocycles. The van der Waals surface area contributed by atoms with Gasteiger partial charge in [0.2, 0.25) is 0 Å².